The summed E-state index contributed by atoms with van der Waals surface area (Å²) < 4.78 is 24.1. The second kappa shape index (κ2) is 10.4. The highest BCUT2D eigenvalue weighted by Gasteiger charge is 2.10. The molecule has 1 fully saturated rings. The molecule has 1 aliphatic rings. The Labute approximate surface area is 147 Å². The summed E-state index contributed by atoms with van der Waals surface area (Å²) >= 11 is 0. The van der Waals surface area contributed by atoms with Crippen molar-refractivity contribution >= 4 is 11.0 Å². The number of fused-ring (bicyclic) bond motifs is 1. The van der Waals surface area contributed by atoms with Crippen LogP contribution >= 0.6 is 0 Å². The minimum absolute atomic E-state index is 0.591. The van der Waals surface area contributed by atoms with E-state index in [1.165, 1.54) is 0 Å². The van der Waals surface area contributed by atoms with Gasteiger partial charge in [0, 0.05) is 13.1 Å². The summed E-state index contributed by atoms with van der Waals surface area (Å²) in [6.07, 6.45) is 0. The van der Waals surface area contributed by atoms with E-state index in [1.807, 2.05) is 28.9 Å². The highest BCUT2D eigenvalue weighted by Crippen LogP contribution is 2.10. The summed E-state index contributed by atoms with van der Waals surface area (Å²) in [6.45, 7) is 7.10. The molecule has 2 aromatic rings. The molecule has 0 aliphatic carbocycles. The van der Waals surface area contributed by atoms with Gasteiger partial charge in [0.1, 0.15) is 5.52 Å². The van der Waals surface area contributed by atoms with Crippen LogP contribution in [0.4, 0.5) is 0 Å². The molecule has 138 valence electrons. The Hall–Kier alpha value is -1.58. The van der Waals surface area contributed by atoms with Gasteiger partial charge in [-0.25, -0.2) is 4.68 Å². The second-order valence-corrected chi connectivity index (χ2v) is 5.79. The van der Waals surface area contributed by atoms with Crippen molar-refractivity contribution in [3.63, 3.8) is 0 Å². The van der Waals surface area contributed by atoms with Gasteiger partial charge in [0.25, 0.3) is 0 Å². The van der Waals surface area contributed by atoms with Gasteiger partial charge in [-0.2, -0.15) is 0 Å². The van der Waals surface area contributed by atoms with E-state index in [0.29, 0.717) is 59.5 Å². The molecule has 0 spiro atoms. The zero-order chi connectivity index (χ0) is 17.2. The Morgan fingerprint density at radius 3 is 1.96 bits per heavy atom. The van der Waals surface area contributed by atoms with Crippen LogP contribution in [0, 0.1) is 0 Å². The van der Waals surface area contributed by atoms with Crippen LogP contribution in [0.15, 0.2) is 24.3 Å². The molecule has 8 nitrogen and oxygen atoms in total. The van der Waals surface area contributed by atoms with Crippen molar-refractivity contribution in [1.29, 1.82) is 0 Å². The maximum Gasteiger partial charge on any atom is 0.113 e. The zero-order valence-electron chi connectivity index (χ0n) is 14.5. The Kier molecular flexibility index (Phi) is 7.59. The van der Waals surface area contributed by atoms with Crippen molar-refractivity contribution in [3.8, 4) is 0 Å². The second-order valence-electron chi connectivity index (χ2n) is 5.79. The Balaban J connectivity index is 1.56. The van der Waals surface area contributed by atoms with E-state index < -0.39 is 0 Å². The third-order valence-corrected chi connectivity index (χ3v) is 3.97. The molecular weight excluding hydrogens is 324 g/mol. The van der Waals surface area contributed by atoms with Gasteiger partial charge in [-0.3, -0.25) is 4.90 Å². The summed E-state index contributed by atoms with van der Waals surface area (Å²) in [7, 11) is 0. The summed E-state index contributed by atoms with van der Waals surface area (Å²) in [5.74, 6) is 0. The van der Waals surface area contributed by atoms with Crippen LogP contribution in [0.5, 0.6) is 0 Å². The normalized spacial score (nSPS) is 20.2. The van der Waals surface area contributed by atoms with Crippen molar-refractivity contribution in [2.75, 3.05) is 65.9 Å². The lowest BCUT2D eigenvalue weighted by molar-refractivity contribution is 0.00206. The number of ether oxygens (including phenoxy) is 4. The van der Waals surface area contributed by atoms with E-state index in [9.17, 15) is 0 Å². The Bertz CT molecular complexity index is 605. The monoisotopic (exact) mass is 350 g/mol. The summed E-state index contributed by atoms with van der Waals surface area (Å²) in [4.78, 5) is 2.25. The molecule has 2 heterocycles. The maximum atomic E-state index is 5.65. The molecule has 0 N–H and O–H groups in total. The number of nitrogens with zero attached hydrogens (tertiary/aromatic N) is 4. The SMILES string of the molecule is c1ccc2c(c1)nnn2CN1CCOCCOCCOCCOCC1. The molecule has 0 atom stereocenters. The predicted molar refractivity (Wildman–Crippen MR) is 92.4 cm³/mol. The fourth-order valence-corrected chi connectivity index (χ4v) is 2.61. The standard InChI is InChI=1S/C17H26N4O4/c1-2-4-17-16(3-1)18-19-21(17)15-20-5-7-22-9-11-24-13-14-25-12-10-23-8-6-20/h1-4H,5-15H2. The first-order valence-corrected chi connectivity index (χ1v) is 8.75. The number of hydrogen-bond acceptors (Lipinski definition) is 7. The van der Waals surface area contributed by atoms with Crippen LogP contribution in [0.2, 0.25) is 0 Å². The van der Waals surface area contributed by atoms with Gasteiger partial charge in [-0.05, 0) is 12.1 Å². The molecule has 3 rings (SSSR count). The van der Waals surface area contributed by atoms with E-state index in [2.05, 4.69) is 15.2 Å². The third kappa shape index (κ3) is 6.02. The maximum absolute atomic E-state index is 5.65. The van der Waals surface area contributed by atoms with Crippen LogP contribution in [-0.2, 0) is 25.6 Å². The molecule has 0 bridgehead atoms. The van der Waals surface area contributed by atoms with E-state index in [0.717, 1.165) is 24.1 Å². The fraction of sp³-hybridized carbons (Fsp3) is 0.647. The highest BCUT2D eigenvalue weighted by molar-refractivity contribution is 5.73. The number of rotatable bonds is 2. The van der Waals surface area contributed by atoms with Gasteiger partial charge in [-0.15, -0.1) is 5.10 Å². The van der Waals surface area contributed by atoms with Gasteiger partial charge in [-0.1, -0.05) is 17.3 Å². The topological polar surface area (TPSA) is 70.9 Å². The first-order valence-electron chi connectivity index (χ1n) is 8.75. The zero-order valence-corrected chi connectivity index (χ0v) is 14.5. The van der Waals surface area contributed by atoms with Crippen LogP contribution < -0.4 is 0 Å². The smallest absolute Gasteiger partial charge is 0.113 e. The summed E-state index contributed by atoms with van der Waals surface area (Å²) in [5, 5.41) is 8.47. The molecule has 1 saturated heterocycles. The van der Waals surface area contributed by atoms with E-state index in [1.54, 1.807) is 0 Å². The van der Waals surface area contributed by atoms with Crippen LogP contribution in [-0.4, -0.2) is 85.8 Å². The first kappa shape index (κ1) is 18.2. The molecule has 0 saturated carbocycles. The molecule has 0 unspecified atom stereocenters. The molecule has 1 aromatic carbocycles. The Morgan fingerprint density at radius 2 is 1.32 bits per heavy atom. The van der Waals surface area contributed by atoms with Gasteiger partial charge in [0.2, 0.25) is 0 Å². The quantitative estimate of drug-likeness (QED) is 0.792. The van der Waals surface area contributed by atoms with Crippen molar-refractivity contribution in [2.45, 2.75) is 6.67 Å². The molecule has 0 radical (unpaired) electrons. The van der Waals surface area contributed by atoms with Crippen molar-refractivity contribution in [3.05, 3.63) is 24.3 Å². The van der Waals surface area contributed by atoms with Gasteiger partial charge in [0.05, 0.1) is 65.0 Å². The first-order chi connectivity index (χ1) is 12.4. The lowest BCUT2D eigenvalue weighted by Gasteiger charge is -2.22. The van der Waals surface area contributed by atoms with Gasteiger partial charge >= 0.3 is 0 Å². The van der Waals surface area contributed by atoms with Crippen molar-refractivity contribution < 1.29 is 18.9 Å². The largest absolute Gasteiger partial charge is 0.378 e. The van der Waals surface area contributed by atoms with Crippen molar-refractivity contribution in [2.24, 2.45) is 0 Å². The number of benzene rings is 1. The fourth-order valence-electron chi connectivity index (χ4n) is 2.61. The predicted octanol–water partition coefficient (Wildman–Crippen LogP) is 0.771. The number of para-hydroxylation sites is 1. The lowest BCUT2D eigenvalue weighted by Crippen LogP contribution is -2.33. The summed E-state index contributed by atoms with van der Waals surface area (Å²) in [5.41, 5.74) is 1.93. The molecular formula is C17H26N4O4. The molecule has 1 aromatic heterocycles. The molecule has 0 amide bonds. The Morgan fingerprint density at radius 1 is 0.760 bits per heavy atom. The lowest BCUT2D eigenvalue weighted by atomic mass is 10.3. The number of aromatic nitrogens is 3. The van der Waals surface area contributed by atoms with Crippen molar-refractivity contribution in [1.82, 2.24) is 19.9 Å². The van der Waals surface area contributed by atoms with Gasteiger partial charge in [0.15, 0.2) is 0 Å². The van der Waals surface area contributed by atoms with Crippen LogP contribution in [0.25, 0.3) is 11.0 Å². The van der Waals surface area contributed by atoms with Crippen LogP contribution in [0.1, 0.15) is 0 Å². The minimum Gasteiger partial charge on any atom is -0.378 e. The third-order valence-electron chi connectivity index (χ3n) is 3.97. The van der Waals surface area contributed by atoms with E-state index in [-0.39, 0.29) is 0 Å². The summed E-state index contributed by atoms with van der Waals surface area (Å²) in [6, 6.07) is 7.97. The molecule has 25 heavy (non-hydrogen) atoms. The molecule has 1 aliphatic heterocycles. The van der Waals surface area contributed by atoms with E-state index in [4.69, 9.17) is 18.9 Å². The molecule has 8 heteroatoms. The average Bonchev–Trinajstić information content (AvgIpc) is 3.03. The average molecular weight is 350 g/mol. The highest BCUT2D eigenvalue weighted by atomic mass is 16.6. The van der Waals surface area contributed by atoms with E-state index >= 15 is 0 Å². The van der Waals surface area contributed by atoms with Gasteiger partial charge < -0.3 is 18.9 Å². The van der Waals surface area contributed by atoms with Crippen LogP contribution in [0.3, 0.4) is 0 Å². The number of hydrogen-bond donors (Lipinski definition) is 0. The minimum atomic E-state index is 0.591.